The zero-order valence-electron chi connectivity index (χ0n) is 9.63. The van der Waals surface area contributed by atoms with E-state index in [0.29, 0.717) is 18.9 Å². The molecule has 0 bridgehead atoms. The lowest BCUT2D eigenvalue weighted by Crippen LogP contribution is -2.40. The van der Waals surface area contributed by atoms with Gasteiger partial charge in [0.1, 0.15) is 0 Å². The average Bonchev–Trinajstić information content (AvgIpc) is 2.16. The molecule has 0 aliphatic rings. The molecule has 0 rings (SSSR count). The molecule has 0 heterocycles. The Balaban J connectivity index is 3.61. The Kier molecular flexibility index (Phi) is 6.52. The summed E-state index contributed by atoms with van der Waals surface area (Å²) in [6, 6.07) is -0.277. The third kappa shape index (κ3) is 5.95. The molecule has 0 radical (unpaired) electrons. The van der Waals surface area contributed by atoms with Crippen molar-refractivity contribution in [3.8, 4) is 0 Å². The maximum absolute atomic E-state index is 10.9. The van der Waals surface area contributed by atoms with Gasteiger partial charge in [0.15, 0.2) is 5.96 Å². The van der Waals surface area contributed by atoms with Crippen molar-refractivity contribution >= 4 is 19.8 Å². The zero-order valence-corrected chi connectivity index (χ0v) is 9.63. The number of rotatable bonds is 6. The molecule has 7 heteroatoms. The Bertz CT molecular complexity index is 221. The number of hydrogen-bond acceptors (Lipinski definition) is 3. The number of carbonyl (C=O) groups is 1. The molecule has 5 N–H and O–H groups in total. The molecule has 0 fully saturated rings. The number of primary amides is 1. The van der Waals surface area contributed by atoms with Crippen molar-refractivity contribution in [2.24, 2.45) is 5.73 Å². The van der Waals surface area contributed by atoms with Gasteiger partial charge in [-0.15, -0.1) is 0 Å². The van der Waals surface area contributed by atoms with Gasteiger partial charge in [-0.3, -0.25) is 10.2 Å². The van der Waals surface area contributed by atoms with Crippen LogP contribution in [0, 0.1) is 5.41 Å². The highest BCUT2D eigenvalue weighted by Gasteiger charge is 2.11. The van der Waals surface area contributed by atoms with E-state index in [-0.39, 0.29) is 11.9 Å². The first-order valence-electron chi connectivity index (χ1n) is 4.95. The summed E-state index contributed by atoms with van der Waals surface area (Å²) >= 11 is 0. The zero-order chi connectivity index (χ0) is 11.8. The molecule has 15 heavy (non-hydrogen) atoms. The van der Waals surface area contributed by atoms with Crippen molar-refractivity contribution < 1.29 is 4.79 Å². The van der Waals surface area contributed by atoms with Crippen LogP contribution in [0.2, 0.25) is 0 Å². The first-order valence-corrected chi connectivity index (χ1v) is 4.95. The van der Waals surface area contributed by atoms with E-state index in [1.807, 2.05) is 0 Å². The van der Waals surface area contributed by atoms with Gasteiger partial charge < -0.3 is 21.2 Å². The predicted molar refractivity (Wildman–Crippen MR) is 63.3 cm³/mol. The first-order chi connectivity index (χ1) is 6.99. The molecule has 6 nitrogen and oxygen atoms in total. The highest BCUT2D eigenvalue weighted by atomic mass is 16.1. The number of likely N-dealkylation sites (N-methyl/N-ethyl adjacent to an activating group) is 1. The molecule has 0 saturated heterocycles. The number of nitrogens with two attached hydrogens (primary N) is 1. The number of nitrogens with zero attached hydrogens (tertiary/aromatic N) is 1. The van der Waals surface area contributed by atoms with Gasteiger partial charge in [0.05, 0.1) is 6.04 Å². The van der Waals surface area contributed by atoms with Gasteiger partial charge in [0, 0.05) is 6.54 Å². The summed E-state index contributed by atoms with van der Waals surface area (Å²) in [6.45, 7) is 0.669. The van der Waals surface area contributed by atoms with Gasteiger partial charge in [-0.25, -0.2) is 0 Å². The van der Waals surface area contributed by atoms with Crippen molar-refractivity contribution in [2.45, 2.75) is 18.9 Å². The van der Waals surface area contributed by atoms with Gasteiger partial charge in [-0.1, -0.05) is 0 Å². The molecule has 1 atom stereocenters. The summed E-state index contributed by atoms with van der Waals surface area (Å²) in [5.41, 5.74) is 5.17. The third-order valence-electron chi connectivity index (χ3n) is 2.10. The number of hydrogen-bond donors (Lipinski definition) is 4. The normalized spacial score (nSPS) is 11.9. The van der Waals surface area contributed by atoms with Crippen LogP contribution < -0.4 is 16.4 Å². The number of amides is 1. The van der Waals surface area contributed by atoms with Crippen LogP contribution in [0.25, 0.3) is 0 Å². The Labute approximate surface area is 91.5 Å². The van der Waals surface area contributed by atoms with Crippen molar-refractivity contribution in [2.75, 3.05) is 20.6 Å². The van der Waals surface area contributed by atoms with Crippen molar-refractivity contribution in [1.82, 2.24) is 15.4 Å². The number of nitrogens with one attached hydrogen (secondary N) is 3. The summed E-state index contributed by atoms with van der Waals surface area (Å²) in [7, 11) is 5.31. The third-order valence-corrected chi connectivity index (χ3v) is 2.10. The van der Waals surface area contributed by atoms with Crippen molar-refractivity contribution in [3.05, 3.63) is 0 Å². The molecule has 0 aliphatic carbocycles. The quantitative estimate of drug-likeness (QED) is 0.175. The Morgan fingerprint density at radius 3 is 2.67 bits per heavy atom. The second-order valence-corrected chi connectivity index (χ2v) is 3.56. The molecule has 0 aromatic carbocycles. The van der Waals surface area contributed by atoms with Crippen molar-refractivity contribution in [3.63, 3.8) is 0 Å². The highest BCUT2D eigenvalue weighted by molar-refractivity contribution is 6.13. The second kappa shape index (κ2) is 7.11. The van der Waals surface area contributed by atoms with Crippen LogP contribution in [0.1, 0.15) is 12.8 Å². The largest absolute Gasteiger partial charge is 0.397 e. The highest BCUT2D eigenvalue weighted by Crippen LogP contribution is 1.94. The maximum Gasteiger partial charge on any atom is 0.234 e. The van der Waals surface area contributed by atoms with Crippen LogP contribution in [-0.2, 0) is 4.79 Å². The van der Waals surface area contributed by atoms with Crippen LogP contribution in [0.15, 0.2) is 0 Å². The molecule has 86 valence electrons. The van der Waals surface area contributed by atoms with Crippen molar-refractivity contribution in [1.29, 1.82) is 5.41 Å². The monoisotopic (exact) mass is 213 g/mol. The minimum atomic E-state index is -0.333. The first kappa shape index (κ1) is 13.8. The van der Waals surface area contributed by atoms with Gasteiger partial charge >= 0.3 is 0 Å². The maximum atomic E-state index is 10.9. The summed E-state index contributed by atoms with van der Waals surface area (Å²) < 4.78 is 0. The predicted octanol–water partition coefficient (Wildman–Crippen LogP) is -2.16. The fourth-order valence-electron chi connectivity index (χ4n) is 1.10. The molecule has 1 amide bonds. The van der Waals surface area contributed by atoms with Gasteiger partial charge in [-0.05, 0) is 26.9 Å². The van der Waals surface area contributed by atoms with Crippen LogP contribution in [-0.4, -0.2) is 51.3 Å². The smallest absolute Gasteiger partial charge is 0.234 e. The van der Waals surface area contributed by atoms with Crippen LogP contribution in [0.5, 0.6) is 0 Å². The van der Waals surface area contributed by atoms with E-state index in [0.717, 1.165) is 6.42 Å². The summed E-state index contributed by atoms with van der Waals surface area (Å²) in [4.78, 5) is 12.5. The van der Waals surface area contributed by atoms with E-state index >= 15 is 0 Å². The SMILES string of the molecule is BN(C)C(=N)NCCCC(NC)C(N)=O. The van der Waals surface area contributed by atoms with Gasteiger partial charge in [-0.2, -0.15) is 0 Å². The second-order valence-electron chi connectivity index (χ2n) is 3.56. The summed E-state index contributed by atoms with van der Waals surface area (Å²) in [6.07, 6.45) is 1.48. The molecule has 0 spiro atoms. The Morgan fingerprint density at radius 2 is 2.27 bits per heavy atom. The number of carbonyl (C=O) groups excluding carboxylic acids is 1. The van der Waals surface area contributed by atoms with E-state index in [4.69, 9.17) is 11.1 Å². The number of guanidine groups is 1. The van der Waals surface area contributed by atoms with Gasteiger partial charge in [0.25, 0.3) is 0 Å². The molecular weight excluding hydrogens is 193 g/mol. The molecule has 0 aliphatic heterocycles. The lowest BCUT2D eigenvalue weighted by atomic mass is 10.1. The molecule has 1 unspecified atom stereocenters. The average molecular weight is 213 g/mol. The lowest BCUT2D eigenvalue weighted by Gasteiger charge is -2.16. The van der Waals surface area contributed by atoms with E-state index in [1.54, 1.807) is 26.9 Å². The van der Waals surface area contributed by atoms with E-state index in [9.17, 15) is 4.79 Å². The Hall–Kier alpha value is -1.24. The minimum Gasteiger partial charge on any atom is -0.397 e. The molecule has 0 aromatic rings. The summed E-state index contributed by atoms with van der Waals surface area (Å²) in [5, 5.41) is 13.2. The van der Waals surface area contributed by atoms with E-state index in [2.05, 4.69) is 10.6 Å². The lowest BCUT2D eigenvalue weighted by molar-refractivity contribution is -0.120. The standard InChI is InChI=1S/C8H20BN5O/c1-12-6(7(10)15)4-3-5-13-8(11)14(2)9/h6,12H,3-5,9H2,1-2H3,(H2,10,15)(H2,11,13). The topological polar surface area (TPSA) is 94.2 Å². The fraction of sp³-hybridized carbons (Fsp3) is 0.750. The van der Waals surface area contributed by atoms with Crippen LogP contribution >= 0.6 is 0 Å². The fourth-order valence-corrected chi connectivity index (χ4v) is 1.10. The Morgan fingerprint density at radius 1 is 1.67 bits per heavy atom. The van der Waals surface area contributed by atoms with Crippen LogP contribution in [0.3, 0.4) is 0 Å². The van der Waals surface area contributed by atoms with Crippen LogP contribution in [0.4, 0.5) is 0 Å². The molecular formula is C8H20BN5O. The van der Waals surface area contributed by atoms with Gasteiger partial charge in [0.2, 0.25) is 13.9 Å². The van der Waals surface area contributed by atoms with E-state index in [1.165, 1.54) is 0 Å². The summed E-state index contributed by atoms with van der Waals surface area (Å²) in [5.74, 6) is 0.0373. The molecule has 0 aromatic heterocycles. The molecule has 0 saturated carbocycles. The van der Waals surface area contributed by atoms with E-state index < -0.39 is 0 Å². The minimum absolute atomic E-state index is 0.277.